The number of rotatable bonds is 5. The SMILES string of the molecule is Cc1c(C)c2c(c(C)c1O)CCC(C)(/C(C=NCCc1ccc(O)c(O)c1)=N/N)O2. The van der Waals surface area contributed by atoms with Crippen molar-refractivity contribution in [3.63, 3.8) is 0 Å². The van der Waals surface area contributed by atoms with Crippen LogP contribution in [0.2, 0.25) is 0 Å². The first-order chi connectivity index (χ1) is 14.2. The molecule has 3 rings (SSSR count). The molecule has 1 unspecified atom stereocenters. The highest BCUT2D eigenvalue weighted by molar-refractivity contribution is 6.34. The first-order valence-electron chi connectivity index (χ1n) is 9.97. The fourth-order valence-corrected chi connectivity index (χ4v) is 3.80. The second kappa shape index (κ2) is 8.26. The van der Waals surface area contributed by atoms with Gasteiger partial charge >= 0.3 is 0 Å². The van der Waals surface area contributed by atoms with Crippen LogP contribution in [0.4, 0.5) is 0 Å². The molecule has 7 heteroatoms. The van der Waals surface area contributed by atoms with E-state index in [9.17, 15) is 15.3 Å². The number of ether oxygens (including phenoxy) is 1. The summed E-state index contributed by atoms with van der Waals surface area (Å²) in [6.45, 7) is 8.16. The molecule has 0 spiro atoms. The quantitative estimate of drug-likeness (QED) is 0.260. The van der Waals surface area contributed by atoms with Gasteiger partial charge in [0.25, 0.3) is 0 Å². The third kappa shape index (κ3) is 3.92. The van der Waals surface area contributed by atoms with Crippen molar-refractivity contribution in [1.29, 1.82) is 0 Å². The Balaban J connectivity index is 1.75. The van der Waals surface area contributed by atoms with Crippen LogP contribution in [-0.4, -0.2) is 39.4 Å². The monoisotopic (exact) mass is 411 g/mol. The molecule has 2 aromatic carbocycles. The summed E-state index contributed by atoms with van der Waals surface area (Å²) in [5.41, 5.74) is 4.30. The lowest BCUT2D eigenvalue weighted by Crippen LogP contribution is -2.46. The molecule has 0 aliphatic carbocycles. The average molecular weight is 412 g/mol. The van der Waals surface area contributed by atoms with E-state index < -0.39 is 5.60 Å². The van der Waals surface area contributed by atoms with E-state index in [-0.39, 0.29) is 11.5 Å². The number of phenolic OH excluding ortho intramolecular Hbond substituents is 3. The molecule has 0 bridgehead atoms. The number of phenols is 3. The number of nitrogens with two attached hydrogens (primary N) is 1. The smallest absolute Gasteiger partial charge is 0.157 e. The average Bonchev–Trinajstić information content (AvgIpc) is 2.73. The van der Waals surface area contributed by atoms with Crippen LogP contribution < -0.4 is 10.6 Å². The van der Waals surface area contributed by atoms with Crippen molar-refractivity contribution in [2.75, 3.05) is 6.54 Å². The number of hydrogen-bond acceptors (Lipinski definition) is 7. The molecule has 7 nitrogen and oxygen atoms in total. The fourth-order valence-electron chi connectivity index (χ4n) is 3.80. The van der Waals surface area contributed by atoms with Crippen molar-refractivity contribution in [3.05, 3.63) is 46.0 Å². The molecule has 1 heterocycles. The molecule has 0 aromatic heterocycles. The van der Waals surface area contributed by atoms with E-state index in [2.05, 4.69) is 10.1 Å². The summed E-state index contributed by atoms with van der Waals surface area (Å²) in [4.78, 5) is 4.44. The van der Waals surface area contributed by atoms with Crippen LogP contribution in [-0.2, 0) is 12.8 Å². The van der Waals surface area contributed by atoms with Crippen LogP contribution in [0.25, 0.3) is 0 Å². The maximum Gasteiger partial charge on any atom is 0.157 e. The topological polar surface area (TPSA) is 121 Å². The summed E-state index contributed by atoms with van der Waals surface area (Å²) >= 11 is 0. The largest absolute Gasteiger partial charge is 0.507 e. The summed E-state index contributed by atoms with van der Waals surface area (Å²) in [5.74, 6) is 6.50. The van der Waals surface area contributed by atoms with Crippen molar-refractivity contribution < 1.29 is 20.1 Å². The van der Waals surface area contributed by atoms with Gasteiger partial charge in [0.05, 0.1) is 0 Å². The summed E-state index contributed by atoms with van der Waals surface area (Å²) in [5, 5.41) is 33.3. The van der Waals surface area contributed by atoms with Crippen molar-refractivity contribution in [3.8, 4) is 23.0 Å². The standard InChI is InChI=1S/C23H29N3O4/c1-13-14(2)22-17(15(3)21(13)29)7-9-23(4,30-22)20(26-24)12-25-10-8-16-5-6-18(27)19(28)11-16/h5-6,11-12,27-29H,7-10,24H2,1-4H3/b25-12?,26-20+. The van der Waals surface area contributed by atoms with Gasteiger partial charge in [-0.05, 0) is 81.3 Å². The van der Waals surface area contributed by atoms with Crippen molar-refractivity contribution >= 4 is 11.9 Å². The zero-order valence-corrected chi connectivity index (χ0v) is 17.9. The lowest BCUT2D eigenvalue weighted by Gasteiger charge is -2.37. The maximum atomic E-state index is 10.3. The van der Waals surface area contributed by atoms with Crippen molar-refractivity contribution in [2.45, 2.75) is 52.6 Å². The first-order valence-corrected chi connectivity index (χ1v) is 9.97. The number of benzene rings is 2. The predicted molar refractivity (Wildman–Crippen MR) is 118 cm³/mol. The highest BCUT2D eigenvalue weighted by Crippen LogP contribution is 2.43. The van der Waals surface area contributed by atoms with Crippen molar-refractivity contribution in [2.24, 2.45) is 15.9 Å². The summed E-state index contributed by atoms with van der Waals surface area (Å²) in [7, 11) is 0. The third-order valence-corrected chi connectivity index (χ3v) is 5.98. The van der Waals surface area contributed by atoms with E-state index in [1.165, 1.54) is 12.1 Å². The zero-order chi connectivity index (χ0) is 22.1. The summed E-state index contributed by atoms with van der Waals surface area (Å²) < 4.78 is 6.39. The molecule has 0 amide bonds. The van der Waals surface area contributed by atoms with Gasteiger partial charge in [-0.15, -0.1) is 0 Å². The Morgan fingerprint density at radius 2 is 1.87 bits per heavy atom. The Labute approximate surface area is 176 Å². The lowest BCUT2D eigenvalue weighted by atomic mass is 9.85. The lowest BCUT2D eigenvalue weighted by molar-refractivity contribution is 0.134. The Morgan fingerprint density at radius 3 is 2.53 bits per heavy atom. The molecule has 1 atom stereocenters. The molecule has 30 heavy (non-hydrogen) atoms. The number of nitrogens with zero attached hydrogens (tertiary/aromatic N) is 2. The molecule has 0 saturated heterocycles. The first kappa shape index (κ1) is 21.5. The van der Waals surface area contributed by atoms with Gasteiger partial charge in [-0.25, -0.2) is 0 Å². The highest BCUT2D eigenvalue weighted by Gasteiger charge is 2.38. The van der Waals surface area contributed by atoms with Crippen LogP contribution >= 0.6 is 0 Å². The minimum absolute atomic E-state index is 0.142. The minimum Gasteiger partial charge on any atom is -0.507 e. The van der Waals surface area contributed by atoms with Gasteiger partial charge in [0, 0.05) is 18.3 Å². The number of fused-ring (bicyclic) bond motifs is 1. The second-order valence-corrected chi connectivity index (χ2v) is 7.99. The fraction of sp³-hybridized carbons (Fsp3) is 0.391. The van der Waals surface area contributed by atoms with E-state index in [0.29, 0.717) is 30.8 Å². The van der Waals surface area contributed by atoms with Gasteiger partial charge in [-0.1, -0.05) is 6.07 Å². The Morgan fingerprint density at radius 1 is 1.13 bits per heavy atom. The van der Waals surface area contributed by atoms with Crippen LogP contribution in [0, 0.1) is 20.8 Å². The van der Waals surface area contributed by atoms with Gasteiger partial charge in [0.2, 0.25) is 0 Å². The number of aliphatic imine (C=N–C) groups is 1. The molecule has 160 valence electrons. The molecule has 0 saturated carbocycles. The Bertz CT molecular complexity index is 1030. The van der Waals surface area contributed by atoms with E-state index in [1.54, 1.807) is 12.3 Å². The Kier molecular flexibility index (Phi) is 5.92. The molecule has 1 aliphatic heterocycles. The van der Waals surface area contributed by atoms with E-state index in [4.69, 9.17) is 10.6 Å². The van der Waals surface area contributed by atoms with Crippen LogP contribution in [0.15, 0.2) is 28.3 Å². The highest BCUT2D eigenvalue weighted by atomic mass is 16.5. The third-order valence-electron chi connectivity index (χ3n) is 5.98. The number of hydrazone groups is 1. The number of hydrogen-bond donors (Lipinski definition) is 4. The van der Waals surface area contributed by atoms with Crippen LogP contribution in [0.5, 0.6) is 23.0 Å². The van der Waals surface area contributed by atoms with Crippen molar-refractivity contribution in [1.82, 2.24) is 0 Å². The molecule has 0 radical (unpaired) electrons. The molecular formula is C23H29N3O4. The van der Waals surface area contributed by atoms with Gasteiger partial charge in [0.15, 0.2) is 17.1 Å². The molecule has 2 aromatic rings. The van der Waals surface area contributed by atoms with E-state index in [1.807, 2.05) is 27.7 Å². The Hall–Kier alpha value is -3.22. The molecule has 5 N–H and O–H groups in total. The van der Waals surface area contributed by atoms with Gasteiger partial charge in [0.1, 0.15) is 17.2 Å². The molecule has 0 fully saturated rings. The van der Waals surface area contributed by atoms with Gasteiger partial charge in [-0.3, -0.25) is 4.99 Å². The van der Waals surface area contributed by atoms with E-state index >= 15 is 0 Å². The molecular weight excluding hydrogens is 382 g/mol. The summed E-state index contributed by atoms with van der Waals surface area (Å²) in [6, 6.07) is 4.72. The zero-order valence-electron chi connectivity index (χ0n) is 17.9. The number of aromatic hydroxyl groups is 3. The van der Waals surface area contributed by atoms with Crippen LogP contribution in [0.3, 0.4) is 0 Å². The van der Waals surface area contributed by atoms with Gasteiger partial charge in [-0.2, -0.15) is 5.10 Å². The second-order valence-electron chi connectivity index (χ2n) is 7.99. The van der Waals surface area contributed by atoms with E-state index in [0.717, 1.165) is 40.0 Å². The normalized spacial score (nSPS) is 19.0. The predicted octanol–water partition coefficient (Wildman–Crippen LogP) is 3.44. The maximum absolute atomic E-state index is 10.3. The summed E-state index contributed by atoms with van der Waals surface area (Å²) in [6.07, 6.45) is 3.64. The minimum atomic E-state index is -0.720. The van der Waals surface area contributed by atoms with Gasteiger partial charge < -0.3 is 25.9 Å². The molecule has 1 aliphatic rings. The van der Waals surface area contributed by atoms with Crippen LogP contribution in [0.1, 0.15) is 41.2 Å².